The Morgan fingerprint density at radius 1 is 1.33 bits per heavy atom. The van der Waals surface area contributed by atoms with Gasteiger partial charge in [0.05, 0.1) is 4.90 Å². The molecule has 0 aliphatic rings. The van der Waals surface area contributed by atoms with E-state index in [4.69, 9.17) is 0 Å². The van der Waals surface area contributed by atoms with E-state index < -0.39 is 15.5 Å². The summed E-state index contributed by atoms with van der Waals surface area (Å²) in [6.07, 6.45) is 0. The number of alkyl halides is 3. The zero-order valence-electron chi connectivity index (χ0n) is 11.6. The van der Waals surface area contributed by atoms with Crippen LogP contribution in [0.5, 0.6) is 0 Å². The molecule has 0 saturated carbocycles. The van der Waals surface area contributed by atoms with E-state index in [1.165, 1.54) is 12.1 Å². The third-order valence-corrected chi connectivity index (χ3v) is 4.96. The smallest absolute Gasteiger partial charge is 0.313 e. The van der Waals surface area contributed by atoms with Gasteiger partial charge in [-0.1, -0.05) is 12.1 Å². The van der Waals surface area contributed by atoms with Crippen LogP contribution in [-0.2, 0) is 10.0 Å². The average Bonchev–Trinajstić information content (AvgIpc) is 2.42. The maximum absolute atomic E-state index is 12.0. The third kappa shape index (κ3) is 6.25. The fourth-order valence-corrected chi connectivity index (χ4v) is 3.20. The Morgan fingerprint density at radius 2 is 2.00 bits per heavy atom. The lowest BCUT2D eigenvalue weighted by Crippen LogP contribution is -2.27. The molecule has 0 aliphatic heterocycles. The summed E-state index contributed by atoms with van der Waals surface area (Å²) < 4.78 is 62.0. The molecule has 0 amide bonds. The number of rotatable bonds is 7. The number of hydrogen-bond donors (Lipinski definition) is 2. The summed E-state index contributed by atoms with van der Waals surface area (Å²) in [6, 6.07) is 6.26. The monoisotopic (exact) mass is 342 g/mol. The second-order valence-corrected chi connectivity index (χ2v) is 7.20. The standard InChI is InChI=1S/C12H17F3N2O2S2/c1-9(16-2)10-4-3-5-11(8-10)21(18,19)17-6-7-20-12(13,14)15/h3-5,8-9,16-17H,6-7H2,1-2H3. The third-order valence-electron chi connectivity index (χ3n) is 2.76. The van der Waals surface area contributed by atoms with Gasteiger partial charge in [0.15, 0.2) is 0 Å². The maximum Gasteiger partial charge on any atom is 0.441 e. The minimum absolute atomic E-state index is 0.0269. The molecule has 0 bridgehead atoms. The van der Waals surface area contributed by atoms with Crippen molar-refractivity contribution >= 4 is 21.8 Å². The molecule has 0 aromatic heterocycles. The molecule has 21 heavy (non-hydrogen) atoms. The fraction of sp³-hybridized carbons (Fsp3) is 0.500. The van der Waals surface area contributed by atoms with Crippen LogP contribution in [0.1, 0.15) is 18.5 Å². The summed E-state index contributed by atoms with van der Waals surface area (Å²) in [5, 5.41) is 2.99. The van der Waals surface area contributed by atoms with E-state index >= 15 is 0 Å². The molecular formula is C12H17F3N2O2S2. The van der Waals surface area contributed by atoms with Crippen molar-refractivity contribution in [1.82, 2.24) is 10.0 Å². The lowest BCUT2D eigenvalue weighted by molar-refractivity contribution is -0.0327. The highest BCUT2D eigenvalue weighted by molar-refractivity contribution is 8.00. The van der Waals surface area contributed by atoms with E-state index in [1.807, 2.05) is 6.92 Å². The normalized spacial score (nSPS) is 14.1. The summed E-state index contributed by atoms with van der Waals surface area (Å²) in [4.78, 5) is 0.0408. The Bertz CT molecular complexity index is 562. The van der Waals surface area contributed by atoms with Crippen LogP contribution in [-0.4, -0.2) is 33.3 Å². The quantitative estimate of drug-likeness (QED) is 0.748. The Balaban J connectivity index is 2.70. The van der Waals surface area contributed by atoms with Crippen molar-refractivity contribution in [1.29, 1.82) is 0 Å². The van der Waals surface area contributed by atoms with Gasteiger partial charge >= 0.3 is 5.51 Å². The molecule has 4 nitrogen and oxygen atoms in total. The van der Waals surface area contributed by atoms with Crippen molar-refractivity contribution < 1.29 is 21.6 Å². The van der Waals surface area contributed by atoms with Crippen LogP contribution < -0.4 is 10.0 Å². The van der Waals surface area contributed by atoms with Gasteiger partial charge in [-0.25, -0.2) is 13.1 Å². The van der Waals surface area contributed by atoms with Gasteiger partial charge in [-0.15, -0.1) is 0 Å². The topological polar surface area (TPSA) is 58.2 Å². The van der Waals surface area contributed by atoms with Gasteiger partial charge < -0.3 is 5.32 Å². The van der Waals surface area contributed by atoms with Crippen LogP contribution in [0.3, 0.4) is 0 Å². The van der Waals surface area contributed by atoms with Gasteiger partial charge in [-0.2, -0.15) is 13.2 Å². The van der Waals surface area contributed by atoms with Crippen LogP contribution in [0, 0.1) is 0 Å². The Hall–Kier alpha value is -0.770. The van der Waals surface area contributed by atoms with Crippen LogP contribution >= 0.6 is 11.8 Å². The molecular weight excluding hydrogens is 325 g/mol. The summed E-state index contributed by atoms with van der Waals surface area (Å²) in [5.41, 5.74) is -3.57. The van der Waals surface area contributed by atoms with Crippen molar-refractivity contribution in [3.8, 4) is 0 Å². The highest BCUT2D eigenvalue weighted by Crippen LogP contribution is 2.29. The molecule has 1 unspecified atom stereocenters. The molecule has 1 aromatic rings. The van der Waals surface area contributed by atoms with Crippen molar-refractivity contribution in [3.63, 3.8) is 0 Å². The molecule has 0 spiro atoms. The van der Waals surface area contributed by atoms with E-state index in [-0.39, 0.29) is 35.0 Å². The van der Waals surface area contributed by atoms with Crippen molar-refractivity contribution in [2.45, 2.75) is 23.4 Å². The Labute approximate surface area is 126 Å². The summed E-state index contributed by atoms with van der Waals surface area (Å²) >= 11 is -0.256. The van der Waals surface area contributed by atoms with E-state index in [0.29, 0.717) is 0 Å². The number of benzene rings is 1. The second-order valence-electron chi connectivity index (χ2n) is 4.27. The van der Waals surface area contributed by atoms with Crippen LogP contribution in [0.25, 0.3) is 0 Å². The van der Waals surface area contributed by atoms with Crippen LogP contribution in [0.15, 0.2) is 29.2 Å². The highest BCUT2D eigenvalue weighted by Gasteiger charge is 2.27. The molecule has 1 aromatic carbocycles. The minimum Gasteiger partial charge on any atom is -0.313 e. The first-order valence-electron chi connectivity index (χ1n) is 6.13. The van der Waals surface area contributed by atoms with Gasteiger partial charge in [0.1, 0.15) is 0 Å². The van der Waals surface area contributed by atoms with Gasteiger partial charge in [0.25, 0.3) is 0 Å². The average molecular weight is 342 g/mol. The lowest BCUT2D eigenvalue weighted by Gasteiger charge is -2.13. The van der Waals surface area contributed by atoms with E-state index in [0.717, 1.165) is 5.56 Å². The first kappa shape index (κ1) is 18.3. The SMILES string of the molecule is CNC(C)c1cccc(S(=O)(=O)NCCSC(F)(F)F)c1. The Kier molecular flexibility index (Phi) is 6.51. The van der Waals surface area contributed by atoms with Gasteiger partial charge in [-0.3, -0.25) is 0 Å². The minimum atomic E-state index is -4.35. The number of sulfonamides is 1. The molecule has 0 heterocycles. The zero-order valence-corrected chi connectivity index (χ0v) is 13.2. The number of hydrogen-bond acceptors (Lipinski definition) is 4. The van der Waals surface area contributed by atoms with Crippen molar-refractivity contribution in [2.24, 2.45) is 0 Å². The molecule has 9 heteroatoms. The highest BCUT2D eigenvalue weighted by atomic mass is 32.2. The van der Waals surface area contributed by atoms with Gasteiger partial charge in [0.2, 0.25) is 10.0 Å². The molecule has 2 N–H and O–H groups in total. The van der Waals surface area contributed by atoms with E-state index in [9.17, 15) is 21.6 Å². The predicted molar refractivity (Wildman–Crippen MR) is 77.6 cm³/mol. The van der Waals surface area contributed by atoms with Gasteiger partial charge in [-0.05, 0) is 43.4 Å². The molecule has 0 fully saturated rings. The number of halogens is 3. The summed E-state index contributed by atoms with van der Waals surface area (Å²) in [5.74, 6) is -0.366. The van der Waals surface area contributed by atoms with E-state index in [2.05, 4.69) is 10.0 Å². The molecule has 0 radical (unpaired) electrons. The van der Waals surface area contributed by atoms with Gasteiger partial charge in [0, 0.05) is 18.3 Å². The predicted octanol–water partition coefficient (Wildman–Crippen LogP) is 2.50. The zero-order chi connectivity index (χ0) is 16.1. The lowest BCUT2D eigenvalue weighted by atomic mass is 10.1. The number of thioether (sulfide) groups is 1. The Morgan fingerprint density at radius 3 is 2.57 bits per heavy atom. The largest absolute Gasteiger partial charge is 0.441 e. The second kappa shape index (κ2) is 7.48. The number of nitrogens with one attached hydrogen (secondary N) is 2. The van der Waals surface area contributed by atoms with E-state index in [1.54, 1.807) is 19.2 Å². The summed E-state index contributed by atoms with van der Waals surface area (Å²) in [7, 11) is -2.05. The fourth-order valence-electron chi connectivity index (χ4n) is 1.54. The molecule has 120 valence electrons. The first-order chi connectivity index (χ1) is 9.65. The first-order valence-corrected chi connectivity index (χ1v) is 8.60. The van der Waals surface area contributed by atoms with Crippen LogP contribution in [0.2, 0.25) is 0 Å². The molecule has 0 aliphatic carbocycles. The van der Waals surface area contributed by atoms with Crippen LogP contribution in [0.4, 0.5) is 13.2 Å². The van der Waals surface area contributed by atoms with Crippen molar-refractivity contribution in [2.75, 3.05) is 19.3 Å². The molecule has 1 atom stereocenters. The maximum atomic E-state index is 12.0. The molecule has 1 rings (SSSR count). The molecule has 0 saturated heterocycles. The summed E-state index contributed by atoms with van der Waals surface area (Å²) in [6.45, 7) is 1.59. The van der Waals surface area contributed by atoms with Crippen molar-refractivity contribution in [3.05, 3.63) is 29.8 Å².